The Hall–Kier alpha value is -1.35. The standard InChI is InChI=1S/C8H14N4O3S2/c1-4(7(13)10-2)11-8-5(17(3,14)15)6(9)12-16-8/h4,11H,1-3H3,(H2,9,12)(H,10,13). The van der Waals surface area contributed by atoms with Gasteiger partial charge in [0.05, 0.1) is 0 Å². The van der Waals surface area contributed by atoms with Crippen molar-refractivity contribution in [1.82, 2.24) is 9.69 Å². The van der Waals surface area contributed by atoms with Crippen LogP contribution < -0.4 is 16.4 Å². The fourth-order valence-corrected chi connectivity index (χ4v) is 3.37. The third kappa shape index (κ3) is 3.07. The lowest BCUT2D eigenvalue weighted by atomic mass is 10.3. The zero-order valence-electron chi connectivity index (χ0n) is 9.64. The predicted molar refractivity (Wildman–Crippen MR) is 66.8 cm³/mol. The van der Waals surface area contributed by atoms with E-state index in [1.807, 2.05) is 0 Å². The van der Waals surface area contributed by atoms with Crippen LogP contribution in [0.4, 0.5) is 10.8 Å². The molecule has 0 bridgehead atoms. The smallest absolute Gasteiger partial charge is 0.241 e. The summed E-state index contributed by atoms with van der Waals surface area (Å²) in [6, 6.07) is -0.569. The summed E-state index contributed by atoms with van der Waals surface area (Å²) in [4.78, 5) is 11.3. The zero-order valence-corrected chi connectivity index (χ0v) is 11.3. The summed E-state index contributed by atoms with van der Waals surface area (Å²) in [5.41, 5.74) is 5.49. The van der Waals surface area contributed by atoms with E-state index in [9.17, 15) is 13.2 Å². The van der Waals surface area contributed by atoms with Crippen molar-refractivity contribution in [2.75, 3.05) is 24.4 Å². The van der Waals surface area contributed by atoms with Crippen molar-refractivity contribution in [1.29, 1.82) is 0 Å². The molecule has 0 fully saturated rings. The first-order valence-electron chi connectivity index (χ1n) is 4.70. The summed E-state index contributed by atoms with van der Waals surface area (Å²) >= 11 is 0.914. The molecule has 96 valence electrons. The first-order chi connectivity index (χ1) is 7.77. The van der Waals surface area contributed by atoms with Gasteiger partial charge in [-0.15, -0.1) is 0 Å². The minimum Gasteiger partial charge on any atom is -0.382 e. The molecule has 7 nitrogen and oxygen atoms in total. The highest BCUT2D eigenvalue weighted by Gasteiger charge is 2.23. The highest BCUT2D eigenvalue weighted by molar-refractivity contribution is 7.91. The Kier molecular flexibility index (Phi) is 3.94. The number of rotatable bonds is 4. The number of nitrogens with two attached hydrogens (primary N) is 1. The number of nitrogens with one attached hydrogen (secondary N) is 2. The lowest BCUT2D eigenvalue weighted by Crippen LogP contribution is -2.35. The van der Waals surface area contributed by atoms with Gasteiger partial charge in [-0.3, -0.25) is 4.79 Å². The molecule has 1 aromatic heterocycles. The first kappa shape index (κ1) is 13.7. The van der Waals surface area contributed by atoms with Crippen LogP contribution in [0.15, 0.2) is 4.90 Å². The number of nitrogen functional groups attached to an aromatic ring is 1. The van der Waals surface area contributed by atoms with E-state index >= 15 is 0 Å². The van der Waals surface area contributed by atoms with Gasteiger partial charge in [0.1, 0.15) is 15.9 Å². The van der Waals surface area contributed by atoms with E-state index < -0.39 is 15.9 Å². The van der Waals surface area contributed by atoms with Gasteiger partial charge < -0.3 is 16.4 Å². The maximum Gasteiger partial charge on any atom is 0.241 e. The largest absolute Gasteiger partial charge is 0.382 e. The molecule has 0 saturated heterocycles. The molecule has 17 heavy (non-hydrogen) atoms. The van der Waals surface area contributed by atoms with E-state index in [-0.39, 0.29) is 21.6 Å². The number of aromatic nitrogens is 1. The van der Waals surface area contributed by atoms with Crippen molar-refractivity contribution >= 4 is 38.1 Å². The van der Waals surface area contributed by atoms with Gasteiger partial charge in [0, 0.05) is 13.3 Å². The van der Waals surface area contributed by atoms with Crippen LogP contribution in [0.5, 0.6) is 0 Å². The van der Waals surface area contributed by atoms with Crippen LogP contribution in [0.3, 0.4) is 0 Å². The molecule has 0 aromatic carbocycles. The fourth-order valence-electron chi connectivity index (χ4n) is 1.22. The summed E-state index contributed by atoms with van der Waals surface area (Å²) < 4.78 is 26.8. The Labute approximate surface area is 103 Å². The molecule has 0 radical (unpaired) electrons. The van der Waals surface area contributed by atoms with Crippen molar-refractivity contribution in [2.45, 2.75) is 17.9 Å². The third-order valence-electron chi connectivity index (χ3n) is 2.03. The van der Waals surface area contributed by atoms with Crippen LogP contribution in [0.25, 0.3) is 0 Å². The van der Waals surface area contributed by atoms with Gasteiger partial charge in [0.2, 0.25) is 5.91 Å². The van der Waals surface area contributed by atoms with E-state index in [1.165, 1.54) is 7.05 Å². The number of hydrogen-bond acceptors (Lipinski definition) is 7. The van der Waals surface area contributed by atoms with Crippen LogP contribution >= 0.6 is 11.5 Å². The first-order valence-corrected chi connectivity index (χ1v) is 7.37. The Morgan fingerprint density at radius 1 is 1.53 bits per heavy atom. The molecule has 0 aliphatic heterocycles. The topological polar surface area (TPSA) is 114 Å². The average Bonchev–Trinajstić information content (AvgIpc) is 2.57. The molecule has 1 atom stereocenters. The molecule has 9 heteroatoms. The van der Waals surface area contributed by atoms with Crippen molar-refractivity contribution in [3.8, 4) is 0 Å². The summed E-state index contributed by atoms with van der Waals surface area (Å²) in [6.45, 7) is 1.61. The lowest BCUT2D eigenvalue weighted by Gasteiger charge is -2.12. The predicted octanol–water partition coefficient (Wildman–Crippen LogP) is -0.325. The van der Waals surface area contributed by atoms with Crippen LogP contribution in [0.2, 0.25) is 0 Å². The quantitative estimate of drug-likeness (QED) is 0.695. The number of sulfone groups is 1. The normalized spacial score (nSPS) is 13.1. The molecule has 1 unspecified atom stereocenters. The number of nitrogens with zero attached hydrogens (tertiary/aromatic N) is 1. The SMILES string of the molecule is CNC(=O)C(C)Nc1snc(N)c1S(C)(=O)=O. The number of anilines is 2. The monoisotopic (exact) mass is 278 g/mol. The maximum atomic E-state index is 11.5. The molecule has 1 heterocycles. The van der Waals surface area contributed by atoms with Crippen molar-refractivity contribution in [3.63, 3.8) is 0 Å². The highest BCUT2D eigenvalue weighted by Crippen LogP contribution is 2.31. The molecule has 1 aromatic rings. The van der Waals surface area contributed by atoms with E-state index in [4.69, 9.17) is 5.73 Å². The Bertz CT molecular complexity index is 523. The summed E-state index contributed by atoms with van der Waals surface area (Å²) in [5.74, 6) is -0.305. The minimum atomic E-state index is -3.47. The molecule has 0 spiro atoms. The van der Waals surface area contributed by atoms with Crippen LogP contribution in [0, 0.1) is 0 Å². The van der Waals surface area contributed by atoms with Gasteiger partial charge in [-0.05, 0) is 18.5 Å². The maximum absolute atomic E-state index is 11.5. The van der Waals surface area contributed by atoms with Gasteiger partial charge in [-0.1, -0.05) is 0 Å². The molecule has 0 saturated carbocycles. The molecule has 0 aliphatic carbocycles. The van der Waals surface area contributed by atoms with E-state index in [2.05, 4.69) is 15.0 Å². The lowest BCUT2D eigenvalue weighted by molar-refractivity contribution is -0.121. The molecular formula is C8H14N4O3S2. The number of carbonyl (C=O) groups is 1. The summed E-state index contributed by atoms with van der Waals surface area (Å²) in [7, 11) is -1.97. The Balaban J connectivity index is 3.05. The minimum absolute atomic E-state index is 0.0518. The van der Waals surface area contributed by atoms with Gasteiger partial charge >= 0.3 is 0 Å². The highest BCUT2D eigenvalue weighted by atomic mass is 32.2. The fraction of sp³-hybridized carbons (Fsp3) is 0.500. The van der Waals surface area contributed by atoms with Crippen LogP contribution in [-0.4, -0.2) is 38.0 Å². The molecule has 0 aliphatic rings. The van der Waals surface area contributed by atoms with E-state index in [0.717, 1.165) is 17.8 Å². The van der Waals surface area contributed by atoms with Gasteiger partial charge in [0.25, 0.3) is 0 Å². The number of likely N-dealkylation sites (N-methyl/N-ethyl adjacent to an activating group) is 1. The summed E-state index contributed by atoms with van der Waals surface area (Å²) in [5, 5.41) is 5.50. The van der Waals surface area contributed by atoms with E-state index in [0.29, 0.717) is 0 Å². The van der Waals surface area contributed by atoms with Crippen LogP contribution in [-0.2, 0) is 14.6 Å². The van der Waals surface area contributed by atoms with Crippen LogP contribution in [0.1, 0.15) is 6.92 Å². The van der Waals surface area contributed by atoms with Gasteiger partial charge in [0.15, 0.2) is 15.7 Å². The van der Waals surface area contributed by atoms with E-state index in [1.54, 1.807) is 6.92 Å². The third-order valence-corrected chi connectivity index (χ3v) is 4.11. The van der Waals surface area contributed by atoms with Crippen molar-refractivity contribution < 1.29 is 13.2 Å². The van der Waals surface area contributed by atoms with Crippen molar-refractivity contribution in [3.05, 3.63) is 0 Å². The molecule has 4 N–H and O–H groups in total. The van der Waals surface area contributed by atoms with Crippen molar-refractivity contribution in [2.24, 2.45) is 0 Å². The molecular weight excluding hydrogens is 264 g/mol. The second kappa shape index (κ2) is 4.88. The zero-order chi connectivity index (χ0) is 13.2. The van der Waals surface area contributed by atoms with Gasteiger partial charge in [-0.2, -0.15) is 4.37 Å². The Morgan fingerprint density at radius 2 is 2.12 bits per heavy atom. The second-order valence-corrected chi connectivity index (χ2v) is 6.20. The number of hydrogen-bond donors (Lipinski definition) is 3. The second-order valence-electron chi connectivity index (χ2n) is 3.48. The average molecular weight is 278 g/mol. The molecule has 1 rings (SSSR count). The Morgan fingerprint density at radius 3 is 2.59 bits per heavy atom. The molecule has 1 amide bonds. The number of amides is 1. The number of carbonyl (C=O) groups excluding carboxylic acids is 1. The summed E-state index contributed by atoms with van der Waals surface area (Å²) in [6.07, 6.45) is 1.04. The van der Waals surface area contributed by atoms with Gasteiger partial charge in [-0.25, -0.2) is 8.42 Å².